The van der Waals surface area contributed by atoms with Crippen LogP contribution in [0.3, 0.4) is 0 Å². The summed E-state index contributed by atoms with van der Waals surface area (Å²) < 4.78 is 7.26. The van der Waals surface area contributed by atoms with Crippen molar-refractivity contribution in [3.63, 3.8) is 0 Å². The van der Waals surface area contributed by atoms with Gasteiger partial charge in [-0.3, -0.25) is 4.68 Å². The Hall–Kier alpha value is -1.23. The number of aromatic nitrogens is 2. The standard InChI is InChI=1S/C12H24N4O/c1-6-17-9(4)7-14-12-10(13)11(8(2)3)15-16(12)5/h8-9,14H,6-7,13H2,1-5H3. The van der Waals surface area contributed by atoms with Gasteiger partial charge in [-0.25, -0.2) is 0 Å². The first-order valence-corrected chi connectivity index (χ1v) is 6.15. The van der Waals surface area contributed by atoms with Gasteiger partial charge in [-0.05, 0) is 19.8 Å². The lowest BCUT2D eigenvalue weighted by Crippen LogP contribution is -2.21. The molecule has 1 rings (SSSR count). The van der Waals surface area contributed by atoms with E-state index in [0.717, 1.165) is 30.4 Å². The molecule has 0 fully saturated rings. The predicted molar refractivity (Wildman–Crippen MR) is 71.3 cm³/mol. The average molecular weight is 240 g/mol. The topological polar surface area (TPSA) is 65.1 Å². The number of nitrogens with zero attached hydrogens (tertiary/aromatic N) is 2. The molecular weight excluding hydrogens is 216 g/mol. The van der Waals surface area contributed by atoms with Gasteiger partial charge in [0.1, 0.15) is 5.82 Å². The van der Waals surface area contributed by atoms with Crippen LogP contribution in [0.25, 0.3) is 0 Å². The lowest BCUT2D eigenvalue weighted by molar-refractivity contribution is 0.0854. The van der Waals surface area contributed by atoms with Crippen LogP contribution in [0.5, 0.6) is 0 Å². The molecule has 1 aromatic heterocycles. The molecule has 0 aliphatic heterocycles. The molecule has 0 aliphatic rings. The summed E-state index contributed by atoms with van der Waals surface area (Å²) >= 11 is 0. The third-order valence-corrected chi connectivity index (χ3v) is 2.67. The number of ether oxygens (including phenoxy) is 1. The summed E-state index contributed by atoms with van der Waals surface area (Å²) in [6.07, 6.45) is 0.164. The van der Waals surface area contributed by atoms with E-state index in [-0.39, 0.29) is 6.10 Å². The van der Waals surface area contributed by atoms with Crippen molar-refractivity contribution in [3.8, 4) is 0 Å². The quantitative estimate of drug-likeness (QED) is 0.798. The van der Waals surface area contributed by atoms with Gasteiger partial charge in [-0.1, -0.05) is 13.8 Å². The van der Waals surface area contributed by atoms with Gasteiger partial charge in [0.05, 0.1) is 17.5 Å². The first kappa shape index (κ1) is 13.8. The van der Waals surface area contributed by atoms with Gasteiger partial charge < -0.3 is 15.8 Å². The second-order valence-electron chi connectivity index (χ2n) is 4.57. The molecule has 5 heteroatoms. The summed E-state index contributed by atoms with van der Waals surface area (Å²) in [7, 11) is 1.90. The molecule has 0 bridgehead atoms. The molecule has 0 saturated carbocycles. The van der Waals surface area contributed by atoms with E-state index in [9.17, 15) is 0 Å². The number of nitrogens with one attached hydrogen (secondary N) is 1. The van der Waals surface area contributed by atoms with Gasteiger partial charge in [0, 0.05) is 20.2 Å². The fourth-order valence-electron chi connectivity index (χ4n) is 1.78. The van der Waals surface area contributed by atoms with E-state index in [4.69, 9.17) is 10.5 Å². The molecule has 1 atom stereocenters. The molecule has 0 aliphatic carbocycles. The van der Waals surface area contributed by atoms with Gasteiger partial charge in [-0.15, -0.1) is 0 Å². The van der Waals surface area contributed by atoms with Crippen LogP contribution < -0.4 is 11.1 Å². The molecule has 0 radical (unpaired) electrons. The predicted octanol–water partition coefficient (Wildman–Crippen LogP) is 1.96. The van der Waals surface area contributed by atoms with Gasteiger partial charge in [0.15, 0.2) is 0 Å². The van der Waals surface area contributed by atoms with E-state index in [2.05, 4.69) is 24.3 Å². The lowest BCUT2D eigenvalue weighted by Gasteiger charge is -2.14. The number of rotatable bonds is 6. The van der Waals surface area contributed by atoms with Crippen LogP contribution in [0.4, 0.5) is 11.5 Å². The summed E-state index contributed by atoms with van der Waals surface area (Å²) in [6, 6.07) is 0. The molecule has 0 saturated heterocycles. The van der Waals surface area contributed by atoms with Crippen molar-refractivity contribution < 1.29 is 4.74 Å². The van der Waals surface area contributed by atoms with Crippen molar-refractivity contribution in [1.29, 1.82) is 0 Å². The first-order valence-electron chi connectivity index (χ1n) is 6.15. The van der Waals surface area contributed by atoms with Crippen molar-refractivity contribution in [3.05, 3.63) is 5.69 Å². The highest BCUT2D eigenvalue weighted by Gasteiger charge is 2.16. The van der Waals surface area contributed by atoms with Gasteiger partial charge in [0.2, 0.25) is 0 Å². The Kier molecular flexibility index (Phi) is 4.81. The number of anilines is 2. The molecular formula is C12H24N4O. The third-order valence-electron chi connectivity index (χ3n) is 2.67. The van der Waals surface area contributed by atoms with E-state index in [1.807, 2.05) is 20.9 Å². The minimum Gasteiger partial charge on any atom is -0.394 e. The highest BCUT2D eigenvalue weighted by molar-refractivity contribution is 5.65. The Balaban J connectivity index is 2.71. The second kappa shape index (κ2) is 5.91. The zero-order chi connectivity index (χ0) is 13.0. The van der Waals surface area contributed by atoms with Crippen LogP contribution in [0.15, 0.2) is 0 Å². The molecule has 0 spiro atoms. The van der Waals surface area contributed by atoms with Crippen molar-refractivity contribution >= 4 is 11.5 Å². The van der Waals surface area contributed by atoms with Crippen LogP contribution in [-0.2, 0) is 11.8 Å². The largest absolute Gasteiger partial charge is 0.394 e. The fraction of sp³-hybridized carbons (Fsp3) is 0.750. The summed E-state index contributed by atoms with van der Waals surface area (Å²) in [5, 5.41) is 7.71. The summed E-state index contributed by atoms with van der Waals surface area (Å²) in [6.45, 7) is 9.66. The minimum atomic E-state index is 0.164. The summed E-state index contributed by atoms with van der Waals surface area (Å²) in [4.78, 5) is 0. The highest BCUT2D eigenvalue weighted by Crippen LogP contribution is 2.27. The van der Waals surface area contributed by atoms with Crippen LogP contribution in [0.2, 0.25) is 0 Å². The normalized spacial score (nSPS) is 13.1. The Morgan fingerprint density at radius 1 is 1.41 bits per heavy atom. The van der Waals surface area contributed by atoms with Crippen molar-refractivity contribution in [1.82, 2.24) is 9.78 Å². The molecule has 17 heavy (non-hydrogen) atoms. The maximum absolute atomic E-state index is 6.08. The molecule has 5 nitrogen and oxygen atoms in total. The maximum Gasteiger partial charge on any atom is 0.147 e. The smallest absolute Gasteiger partial charge is 0.147 e. The second-order valence-corrected chi connectivity index (χ2v) is 4.57. The summed E-state index contributed by atoms with van der Waals surface area (Å²) in [5.74, 6) is 1.21. The molecule has 0 amide bonds. The van der Waals surface area contributed by atoms with Crippen molar-refractivity contribution in [2.45, 2.75) is 39.7 Å². The minimum absolute atomic E-state index is 0.164. The molecule has 1 aromatic rings. The number of aryl methyl sites for hydroxylation is 1. The Bertz CT molecular complexity index is 360. The number of nitrogens with two attached hydrogens (primary N) is 1. The fourth-order valence-corrected chi connectivity index (χ4v) is 1.78. The van der Waals surface area contributed by atoms with Gasteiger partial charge in [0.25, 0.3) is 0 Å². The molecule has 98 valence electrons. The Labute approximate surface area is 103 Å². The molecule has 1 unspecified atom stereocenters. The van der Waals surface area contributed by atoms with Crippen molar-refractivity contribution in [2.24, 2.45) is 7.05 Å². The lowest BCUT2D eigenvalue weighted by atomic mass is 10.1. The Morgan fingerprint density at radius 3 is 2.53 bits per heavy atom. The van der Waals surface area contributed by atoms with Gasteiger partial charge >= 0.3 is 0 Å². The van der Waals surface area contributed by atoms with E-state index < -0.39 is 0 Å². The number of hydrogen-bond donors (Lipinski definition) is 2. The molecule has 1 heterocycles. The van der Waals surface area contributed by atoms with Crippen LogP contribution in [0, 0.1) is 0 Å². The number of nitrogen functional groups attached to an aromatic ring is 1. The van der Waals surface area contributed by atoms with E-state index in [1.54, 1.807) is 4.68 Å². The van der Waals surface area contributed by atoms with E-state index in [1.165, 1.54) is 0 Å². The zero-order valence-electron chi connectivity index (χ0n) is 11.4. The SMILES string of the molecule is CCOC(C)CNc1c(N)c(C(C)C)nn1C. The third kappa shape index (κ3) is 3.36. The monoisotopic (exact) mass is 240 g/mol. The highest BCUT2D eigenvalue weighted by atomic mass is 16.5. The van der Waals surface area contributed by atoms with E-state index >= 15 is 0 Å². The number of hydrogen-bond acceptors (Lipinski definition) is 4. The average Bonchev–Trinajstić information content (AvgIpc) is 2.52. The molecule has 3 N–H and O–H groups in total. The molecule has 0 aromatic carbocycles. The van der Waals surface area contributed by atoms with E-state index in [0.29, 0.717) is 5.92 Å². The zero-order valence-corrected chi connectivity index (χ0v) is 11.4. The first-order chi connectivity index (χ1) is 7.97. The summed E-state index contributed by atoms with van der Waals surface area (Å²) in [5.41, 5.74) is 7.76. The maximum atomic E-state index is 6.08. The van der Waals surface area contributed by atoms with Crippen molar-refractivity contribution in [2.75, 3.05) is 24.2 Å². The van der Waals surface area contributed by atoms with Gasteiger partial charge in [-0.2, -0.15) is 5.10 Å². The van der Waals surface area contributed by atoms with Crippen LogP contribution in [-0.4, -0.2) is 29.0 Å². The van der Waals surface area contributed by atoms with Crippen LogP contribution in [0.1, 0.15) is 39.3 Å². The van der Waals surface area contributed by atoms with Crippen LogP contribution >= 0.6 is 0 Å². The Morgan fingerprint density at radius 2 is 2.06 bits per heavy atom.